The van der Waals surface area contributed by atoms with Crippen molar-refractivity contribution in [1.82, 2.24) is 19.7 Å². The van der Waals surface area contributed by atoms with E-state index < -0.39 is 6.17 Å². The van der Waals surface area contributed by atoms with Gasteiger partial charge >= 0.3 is 0 Å². The van der Waals surface area contributed by atoms with Crippen molar-refractivity contribution in [2.75, 3.05) is 25.5 Å². The lowest BCUT2D eigenvalue weighted by Crippen LogP contribution is -2.46. The van der Waals surface area contributed by atoms with Crippen molar-refractivity contribution in [2.45, 2.75) is 18.6 Å². The van der Waals surface area contributed by atoms with Crippen LogP contribution in [-0.4, -0.2) is 52.0 Å². The van der Waals surface area contributed by atoms with Gasteiger partial charge in [0.15, 0.2) is 0 Å². The fraction of sp³-hybridized carbons (Fsp3) is 0.700. The summed E-state index contributed by atoms with van der Waals surface area (Å²) in [6.45, 7) is 1.08. The first kappa shape index (κ1) is 13.2. The van der Waals surface area contributed by atoms with Gasteiger partial charge in [-0.15, -0.1) is 10.2 Å². The third-order valence-corrected chi connectivity index (χ3v) is 3.27. The van der Waals surface area contributed by atoms with Gasteiger partial charge in [-0.25, -0.2) is 4.39 Å². The number of anilines is 1. The van der Waals surface area contributed by atoms with Crippen LogP contribution >= 0.6 is 11.6 Å². The monoisotopic (exact) mass is 275 g/mol. The average Bonchev–Trinajstić information content (AvgIpc) is 2.29. The molecule has 2 heterocycles. The summed E-state index contributed by atoms with van der Waals surface area (Å²) < 4.78 is 14.6. The molecule has 0 aliphatic carbocycles. The largest absolute Gasteiger partial charge is 0.360 e. The maximum atomic E-state index is 13.4. The van der Waals surface area contributed by atoms with Crippen molar-refractivity contribution in [2.24, 2.45) is 7.05 Å². The van der Waals surface area contributed by atoms with Crippen LogP contribution in [0.4, 0.5) is 10.2 Å². The van der Waals surface area contributed by atoms with Gasteiger partial charge in [0.05, 0.1) is 0 Å². The predicted molar refractivity (Wildman–Crippen MR) is 66.7 cm³/mol. The molecule has 2 atom stereocenters. The predicted octanol–water partition coefficient (Wildman–Crippen LogP) is 0.283. The number of alkyl halides is 1. The average molecular weight is 276 g/mol. The minimum atomic E-state index is -0.898. The van der Waals surface area contributed by atoms with E-state index in [9.17, 15) is 9.18 Å². The first-order valence-corrected chi connectivity index (χ1v) is 6.03. The van der Waals surface area contributed by atoms with E-state index >= 15 is 0 Å². The van der Waals surface area contributed by atoms with Crippen LogP contribution in [-0.2, 0) is 7.05 Å². The van der Waals surface area contributed by atoms with Crippen molar-refractivity contribution >= 4 is 17.4 Å². The highest BCUT2D eigenvalue weighted by Crippen LogP contribution is 2.14. The SMILES string of the molecule is CN1C[C@H](F)C[C@@H](Nc2nnc(Cl)n(C)c2=O)C1. The maximum Gasteiger partial charge on any atom is 0.297 e. The zero-order chi connectivity index (χ0) is 13.3. The Morgan fingerprint density at radius 3 is 2.78 bits per heavy atom. The molecule has 2 rings (SSSR count). The van der Waals surface area contributed by atoms with Crippen molar-refractivity contribution in [3.63, 3.8) is 0 Å². The number of nitrogens with one attached hydrogen (secondary N) is 1. The number of rotatable bonds is 2. The Hall–Kier alpha value is -1.21. The smallest absolute Gasteiger partial charge is 0.297 e. The van der Waals surface area contributed by atoms with Crippen molar-refractivity contribution in [3.05, 3.63) is 15.6 Å². The summed E-state index contributed by atoms with van der Waals surface area (Å²) in [5.74, 6) is 0.106. The molecule has 1 N–H and O–H groups in total. The van der Waals surface area contributed by atoms with Crippen LogP contribution in [0.1, 0.15) is 6.42 Å². The molecule has 1 saturated heterocycles. The minimum Gasteiger partial charge on any atom is -0.360 e. The third kappa shape index (κ3) is 2.78. The minimum absolute atomic E-state index is 0.0229. The van der Waals surface area contributed by atoms with Crippen LogP contribution in [0.2, 0.25) is 5.28 Å². The van der Waals surface area contributed by atoms with E-state index in [1.54, 1.807) is 0 Å². The second-order valence-electron chi connectivity index (χ2n) is 4.58. The van der Waals surface area contributed by atoms with Gasteiger partial charge in [-0.2, -0.15) is 0 Å². The van der Waals surface area contributed by atoms with Crippen molar-refractivity contribution in [3.8, 4) is 0 Å². The number of hydrogen-bond acceptors (Lipinski definition) is 5. The summed E-state index contributed by atoms with van der Waals surface area (Å²) in [6, 6.07) is -0.151. The molecule has 1 fully saturated rings. The van der Waals surface area contributed by atoms with Gasteiger partial charge in [-0.1, -0.05) is 0 Å². The normalized spacial score (nSPS) is 25.1. The van der Waals surface area contributed by atoms with E-state index in [0.29, 0.717) is 19.5 Å². The van der Waals surface area contributed by atoms with Crippen LogP contribution < -0.4 is 10.9 Å². The molecule has 18 heavy (non-hydrogen) atoms. The fourth-order valence-electron chi connectivity index (χ4n) is 2.08. The lowest BCUT2D eigenvalue weighted by molar-refractivity contribution is 0.153. The second-order valence-corrected chi connectivity index (χ2v) is 4.92. The number of piperidine rings is 1. The lowest BCUT2D eigenvalue weighted by Gasteiger charge is -2.32. The van der Waals surface area contributed by atoms with Crippen LogP contribution in [0, 0.1) is 0 Å². The molecule has 6 nitrogen and oxygen atoms in total. The highest BCUT2D eigenvalue weighted by molar-refractivity contribution is 6.28. The van der Waals surface area contributed by atoms with Gasteiger partial charge in [-0.3, -0.25) is 9.36 Å². The third-order valence-electron chi connectivity index (χ3n) is 2.94. The van der Waals surface area contributed by atoms with Gasteiger partial charge in [0.2, 0.25) is 11.1 Å². The van der Waals surface area contributed by atoms with Gasteiger partial charge in [0.1, 0.15) is 6.17 Å². The van der Waals surface area contributed by atoms with E-state index in [4.69, 9.17) is 11.6 Å². The molecule has 0 spiro atoms. The van der Waals surface area contributed by atoms with E-state index in [1.807, 2.05) is 11.9 Å². The number of likely N-dealkylation sites (N-methyl/N-ethyl adjacent to an activating group) is 1. The summed E-state index contributed by atoms with van der Waals surface area (Å²) in [6.07, 6.45) is -0.539. The first-order chi connectivity index (χ1) is 8.47. The molecule has 0 amide bonds. The van der Waals surface area contributed by atoms with E-state index in [1.165, 1.54) is 11.6 Å². The molecule has 0 unspecified atom stereocenters. The highest BCUT2D eigenvalue weighted by Gasteiger charge is 2.26. The molecule has 100 valence electrons. The topological polar surface area (TPSA) is 63.0 Å². The maximum absolute atomic E-state index is 13.4. The van der Waals surface area contributed by atoms with Gasteiger partial charge in [0, 0.05) is 32.6 Å². The Balaban J connectivity index is 2.14. The standard InChI is InChI=1S/C10H15ClFN5O/c1-16-4-6(12)3-7(5-16)13-8-9(18)17(2)10(11)15-14-8/h6-7H,3-5H2,1-2H3,(H,13,14)/t6-,7-/m1/s1. The Kier molecular flexibility index (Phi) is 3.82. The van der Waals surface area contributed by atoms with Gasteiger partial charge < -0.3 is 10.2 Å². The van der Waals surface area contributed by atoms with Crippen LogP contribution in [0.25, 0.3) is 0 Å². The molecule has 0 aromatic carbocycles. The summed E-state index contributed by atoms with van der Waals surface area (Å²) in [5, 5.41) is 10.3. The number of hydrogen-bond donors (Lipinski definition) is 1. The highest BCUT2D eigenvalue weighted by atomic mass is 35.5. The molecule has 1 aromatic rings. The molecule has 0 saturated carbocycles. The van der Waals surface area contributed by atoms with Crippen LogP contribution in [0.15, 0.2) is 4.79 Å². The number of nitrogens with zero attached hydrogens (tertiary/aromatic N) is 4. The van der Waals surface area contributed by atoms with E-state index in [2.05, 4.69) is 15.5 Å². The van der Waals surface area contributed by atoms with Crippen molar-refractivity contribution in [1.29, 1.82) is 0 Å². The molecule has 8 heteroatoms. The summed E-state index contributed by atoms with van der Waals surface area (Å²) >= 11 is 5.67. The second kappa shape index (κ2) is 5.19. The molecule has 1 aliphatic rings. The summed E-state index contributed by atoms with van der Waals surface area (Å²) in [7, 11) is 3.35. The van der Waals surface area contributed by atoms with Crippen molar-refractivity contribution < 1.29 is 4.39 Å². The molecule has 0 radical (unpaired) electrons. The Bertz CT molecular complexity index is 484. The molecular weight excluding hydrogens is 261 g/mol. The molecular formula is C10H15ClFN5O. The lowest BCUT2D eigenvalue weighted by atomic mass is 10.1. The van der Waals surface area contributed by atoms with Crippen LogP contribution in [0.5, 0.6) is 0 Å². The Morgan fingerprint density at radius 2 is 2.11 bits per heavy atom. The Labute approximate surface area is 109 Å². The molecule has 1 aliphatic heterocycles. The Morgan fingerprint density at radius 1 is 1.39 bits per heavy atom. The van der Waals surface area contributed by atoms with E-state index in [0.717, 1.165) is 0 Å². The van der Waals surface area contributed by atoms with Gasteiger partial charge in [-0.05, 0) is 18.6 Å². The number of likely N-dealkylation sites (tertiary alicyclic amines) is 1. The van der Waals surface area contributed by atoms with Gasteiger partial charge in [0.25, 0.3) is 5.56 Å². The summed E-state index contributed by atoms with van der Waals surface area (Å²) in [5.41, 5.74) is -0.362. The van der Waals surface area contributed by atoms with Crippen LogP contribution in [0.3, 0.4) is 0 Å². The van der Waals surface area contributed by atoms with E-state index in [-0.39, 0.29) is 22.7 Å². The number of halogens is 2. The number of aromatic nitrogens is 3. The fourth-order valence-corrected chi connectivity index (χ4v) is 2.19. The quantitative estimate of drug-likeness (QED) is 0.840. The first-order valence-electron chi connectivity index (χ1n) is 5.65. The zero-order valence-electron chi connectivity index (χ0n) is 10.2. The molecule has 1 aromatic heterocycles. The summed E-state index contributed by atoms with van der Waals surface area (Å²) in [4.78, 5) is 13.7. The zero-order valence-corrected chi connectivity index (χ0v) is 11.0. The molecule has 0 bridgehead atoms.